The molecule has 2 rings (SSSR count). The van der Waals surface area contributed by atoms with Crippen molar-refractivity contribution < 1.29 is 0 Å². The molecule has 100 valence electrons. The molecule has 0 unspecified atom stereocenters. The van der Waals surface area contributed by atoms with E-state index in [1.54, 1.807) is 0 Å². The predicted molar refractivity (Wildman–Crippen MR) is 81.8 cm³/mol. The van der Waals surface area contributed by atoms with Gasteiger partial charge in [0, 0.05) is 36.7 Å². The quantitative estimate of drug-likeness (QED) is 0.781. The molecule has 0 atom stereocenters. The van der Waals surface area contributed by atoms with E-state index in [1.165, 1.54) is 11.1 Å². The average Bonchev–Trinajstić information content (AvgIpc) is 2.38. The third-order valence-corrected chi connectivity index (χ3v) is 3.44. The van der Waals surface area contributed by atoms with Gasteiger partial charge in [0.2, 0.25) is 0 Å². The number of hydrogen-bond acceptors (Lipinski definition) is 2. The van der Waals surface area contributed by atoms with Crippen LogP contribution in [0.15, 0.2) is 36.5 Å². The van der Waals surface area contributed by atoms with Crippen molar-refractivity contribution in [1.82, 2.24) is 4.98 Å². The number of aromatic nitrogens is 1. The fourth-order valence-corrected chi connectivity index (χ4v) is 2.41. The zero-order valence-electron chi connectivity index (χ0n) is 11.7. The average molecular weight is 275 g/mol. The van der Waals surface area contributed by atoms with E-state index >= 15 is 0 Å². The molecule has 3 heteroatoms. The highest BCUT2D eigenvalue weighted by Crippen LogP contribution is 2.23. The van der Waals surface area contributed by atoms with Crippen LogP contribution in [0.1, 0.15) is 22.4 Å². The second kappa shape index (κ2) is 6.07. The molecule has 1 heterocycles. The largest absolute Gasteiger partial charge is 0.370 e. The molecule has 0 aliphatic rings. The Labute approximate surface area is 120 Å². The molecule has 0 saturated heterocycles. The molecule has 0 spiro atoms. The van der Waals surface area contributed by atoms with Crippen molar-refractivity contribution in [2.75, 3.05) is 11.9 Å². The number of nitrogens with zero attached hydrogens (tertiary/aromatic N) is 2. The summed E-state index contributed by atoms with van der Waals surface area (Å²) in [5.74, 6) is 0.487. The SMILES string of the molecule is Cc1cccc(CN(C)c2cc(C)ncc2CCl)c1. The third kappa shape index (κ3) is 3.48. The summed E-state index contributed by atoms with van der Waals surface area (Å²) in [6.45, 7) is 4.99. The Hall–Kier alpha value is -1.54. The van der Waals surface area contributed by atoms with Gasteiger partial charge in [-0.3, -0.25) is 4.98 Å². The van der Waals surface area contributed by atoms with Crippen LogP contribution in [0.5, 0.6) is 0 Å². The minimum atomic E-state index is 0.487. The number of pyridine rings is 1. The van der Waals surface area contributed by atoms with Crippen LogP contribution in [0.4, 0.5) is 5.69 Å². The Morgan fingerprint density at radius 3 is 2.68 bits per heavy atom. The van der Waals surface area contributed by atoms with E-state index in [2.05, 4.69) is 54.2 Å². The van der Waals surface area contributed by atoms with Crippen molar-refractivity contribution in [1.29, 1.82) is 0 Å². The normalized spacial score (nSPS) is 10.5. The first-order chi connectivity index (χ1) is 9.10. The van der Waals surface area contributed by atoms with Crippen molar-refractivity contribution in [2.24, 2.45) is 0 Å². The van der Waals surface area contributed by atoms with Crippen molar-refractivity contribution in [3.63, 3.8) is 0 Å². The highest BCUT2D eigenvalue weighted by molar-refractivity contribution is 6.17. The lowest BCUT2D eigenvalue weighted by atomic mass is 10.1. The van der Waals surface area contributed by atoms with Gasteiger partial charge in [0.25, 0.3) is 0 Å². The van der Waals surface area contributed by atoms with Gasteiger partial charge in [-0.1, -0.05) is 29.8 Å². The summed E-state index contributed by atoms with van der Waals surface area (Å²) in [6.07, 6.45) is 1.87. The van der Waals surface area contributed by atoms with E-state index in [9.17, 15) is 0 Å². The zero-order valence-corrected chi connectivity index (χ0v) is 12.4. The Morgan fingerprint density at radius 1 is 1.21 bits per heavy atom. The van der Waals surface area contributed by atoms with Gasteiger partial charge in [-0.2, -0.15) is 0 Å². The summed E-state index contributed by atoms with van der Waals surface area (Å²) in [5, 5.41) is 0. The first-order valence-electron chi connectivity index (χ1n) is 6.38. The lowest BCUT2D eigenvalue weighted by Crippen LogP contribution is -2.18. The van der Waals surface area contributed by atoms with Crippen LogP contribution in [0, 0.1) is 13.8 Å². The van der Waals surface area contributed by atoms with Crippen molar-refractivity contribution in [3.05, 3.63) is 58.9 Å². The van der Waals surface area contributed by atoms with Crippen LogP contribution in [0.25, 0.3) is 0 Å². The predicted octanol–water partition coefficient (Wildman–Crippen LogP) is 4.07. The van der Waals surface area contributed by atoms with Crippen molar-refractivity contribution in [3.8, 4) is 0 Å². The van der Waals surface area contributed by atoms with E-state index in [0.717, 1.165) is 23.5 Å². The molecule has 1 aromatic carbocycles. The number of benzene rings is 1. The van der Waals surface area contributed by atoms with E-state index in [0.29, 0.717) is 5.88 Å². The zero-order chi connectivity index (χ0) is 13.8. The maximum absolute atomic E-state index is 5.99. The smallest absolute Gasteiger partial charge is 0.0509 e. The second-order valence-corrected chi connectivity index (χ2v) is 5.20. The maximum Gasteiger partial charge on any atom is 0.0509 e. The van der Waals surface area contributed by atoms with Gasteiger partial charge in [-0.15, -0.1) is 11.6 Å². The molecule has 0 aliphatic heterocycles. The fourth-order valence-electron chi connectivity index (χ4n) is 2.20. The molecular formula is C16H19ClN2. The summed E-state index contributed by atoms with van der Waals surface area (Å²) in [7, 11) is 2.09. The Balaban J connectivity index is 2.24. The first-order valence-corrected chi connectivity index (χ1v) is 6.92. The molecule has 1 aromatic heterocycles. The number of anilines is 1. The fraction of sp³-hybridized carbons (Fsp3) is 0.312. The van der Waals surface area contributed by atoms with Crippen molar-refractivity contribution >= 4 is 17.3 Å². The molecule has 0 bridgehead atoms. The molecule has 0 amide bonds. The van der Waals surface area contributed by atoms with Crippen LogP contribution in [-0.4, -0.2) is 12.0 Å². The topological polar surface area (TPSA) is 16.1 Å². The van der Waals surface area contributed by atoms with Gasteiger partial charge in [-0.25, -0.2) is 0 Å². The number of halogens is 1. The van der Waals surface area contributed by atoms with Crippen LogP contribution >= 0.6 is 11.6 Å². The molecule has 2 aromatic rings. The van der Waals surface area contributed by atoms with Crippen LogP contribution in [-0.2, 0) is 12.4 Å². The highest BCUT2D eigenvalue weighted by Gasteiger charge is 2.08. The van der Waals surface area contributed by atoms with E-state index < -0.39 is 0 Å². The van der Waals surface area contributed by atoms with Crippen molar-refractivity contribution in [2.45, 2.75) is 26.3 Å². The summed E-state index contributed by atoms with van der Waals surface area (Å²) < 4.78 is 0. The summed E-state index contributed by atoms with van der Waals surface area (Å²) in [4.78, 5) is 6.53. The summed E-state index contributed by atoms with van der Waals surface area (Å²) >= 11 is 5.99. The van der Waals surface area contributed by atoms with Gasteiger partial charge in [0.1, 0.15) is 0 Å². The number of hydrogen-bond donors (Lipinski definition) is 0. The summed E-state index contributed by atoms with van der Waals surface area (Å²) in [6, 6.07) is 10.7. The molecule has 2 nitrogen and oxygen atoms in total. The van der Waals surface area contributed by atoms with Crippen LogP contribution in [0.3, 0.4) is 0 Å². The van der Waals surface area contributed by atoms with Gasteiger partial charge >= 0.3 is 0 Å². The van der Waals surface area contributed by atoms with Crippen LogP contribution < -0.4 is 4.90 Å². The first kappa shape index (κ1) is 13.9. The Morgan fingerprint density at radius 2 is 2.00 bits per heavy atom. The molecule has 0 N–H and O–H groups in total. The lowest BCUT2D eigenvalue weighted by Gasteiger charge is -2.22. The molecule has 0 radical (unpaired) electrons. The number of aryl methyl sites for hydroxylation is 2. The molecule has 19 heavy (non-hydrogen) atoms. The highest BCUT2D eigenvalue weighted by atomic mass is 35.5. The lowest BCUT2D eigenvalue weighted by molar-refractivity contribution is 0.908. The van der Waals surface area contributed by atoms with E-state index in [1.807, 2.05) is 13.1 Å². The Kier molecular flexibility index (Phi) is 4.43. The maximum atomic E-state index is 5.99. The van der Waals surface area contributed by atoms with Gasteiger partial charge in [0.05, 0.1) is 5.88 Å². The molecule has 0 aliphatic carbocycles. The van der Waals surface area contributed by atoms with E-state index in [4.69, 9.17) is 11.6 Å². The monoisotopic (exact) mass is 274 g/mol. The molecular weight excluding hydrogens is 256 g/mol. The summed E-state index contributed by atoms with van der Waals surface area (Å²) in [5.41, 5.74) is 5.83. The molecule has 0 fully saturated rings. The minimum Gasteiger partial charge on any atom is -0.370 e. The number of alkyl halides is 1. The Bertz CT molecular complexity index is 566. The third-order valence-electron chi connectivity index (χ3n) is 3.16. The van der Waals surface area contributed by atoms with Gasteiger partial charge in [-0.05, 0) is 25.5 Å². The second-order valence-electron chi connectivity index (χ2n) is 4.93. The molecule has 0 saturated carbocycles. The standard InChI is InChI=1S/C16H19ClN2/c1-12-5-4-6-14(7-12)11-19(3)16-8-13(2)18-10-15(16)9-17/h4-8,10H,9,11H2,1-3H3. The van der Waals surface area contributed by atoms with Gasteiger partial charge in [0.15, 0.2) is 0 Å². The minimum absolute atomic E-state index is 0.487. The van der Waals surface area contributed by atoms with Gasteiger partial charge < -0.3 is 4.90 Å². The number of rotatable bonds is 4. The van der Waals surface area contributed by atoms with Crippen LogP contribution in [0.2, 0.25) is 0 Å². The van der Waals surface area contributed by atoms with E-state index in [-0.39, 0.29) is 0 Å².